The molecule has 1 aliphatic heterocycles. The van der Waals surface area contributed by atoms with Crippen LogP contribution < -0.4 is 10.2 Å². The number of anilines is 1. The number of nitrogens with zero attached hydrogens (tertiary/aromatic N) is 1. The monoisotopic (exact) mass is 438 g/mol. The fourth-order valence-electron chi connectivity index (χ4n) is 5.11. The molecule has 0 saturated heterocycles. The predicted octanol–water partition coefficient (Wildman–Crippen LogP) is 7.44. The summed E-state index contributed by atoms with van der Waals surface area (Å²) in [6, 6.07) is 6.91. The first-order chi connectivity index (χ1) is 15.6. The van der Waals surface area contributed by atoms with Gasteiger partial charge in [-0.3, -0.25) is 4.79 Å². The first-order valence-electron chi connectivity index (χ1n) is 13.0. The van der Waals surface area contributed by atoms with Crippen LogP contribution in [0.4, 0.5) is 5.69 Å². The van der Waals surface area contributed by atoms with Crippen molar-refractivity contribution < 1.29 is 4.79 Å². The molecule has 1 amide bonds. The lowest BCUT2D eigenvalue weighted by Crippen LogP contribution is -2.40. The van der Waals surface area contributed by atoms with Gasteiger partial charge in [-0.1, -0.05) is 110 Å². The van der Waals surface area contributed by atoms with Gasteiger partial charge in [-0.05, 0) is 29.7 Å². The molecule has 3 nitrogen and oxygen atoms in total. The summed E-state index contributed by atoms with van der Waals surface area (Å²) < 4.78 is 0. The maximum atomic E-state index is 10.7. The minimum Gasteiger partial charge on any atom is -0.363 e. The molecule has 0 bridgehead atoms. The van der Waals surface area contributed by atoms with E-state index in [4.69, 9.17) is 0 Å². The van der Waals surface area contributed by atoms with Crippen molar-refractivity contribution in [3.8, 4) is 0 Å². The number of hydrogen-bond donors (Lipinski definition) is 1. The van der Waals surface area contributed by atoms with Crippen molar-refractivity contribution in [3.05, 3.63) is 47.7 Å². The standard InChI is InChI=1S/C29H46N2O/c1-5-7-8-9-10-11-12-13-14-15-16-17-21-31-27-20-19-25(23-30-24-32)22-26(27)29(3,4)28(31)18-6-2/h18-20,22,24,28H,2,5,7-17,21,23H2,1,3-4H3,(H,30,32). The average Bonchev–Trinajstić information content (AvgIpc) is 2.99. The van der Waals surface area contributed by atoms with E-state index in [0.717, 1.165) is 18.5 Å². The number of fused-ring (bicyclic) bond motifs is 1. The number of unbranched alkanes of at least 4 members (excludes halogenated alkanes) is 11. The molecule has 1 unspecified atom stereocenters. The van der Waals surface area contributed by atoms with Gasteiger partial charge in [0.2, 0.25) is 6.41 Å². The smallest absolute Gasteiger partial charge is 0.207 e. The lowest BCUT2D eigenvalue weighted by molar-refractivity contribution is -0.109. The van der Waals surface area contributed by atoms with Crippen LogP contribution >= 0.6 is 0 Å². The van der Waals surface area contributed by atoms with Gasteiger partial charge in [0.15, 0.2) is 0 Å². The molecule has 1 aromatic rings. The van der Waals surface area contributed by atoms with E-state index in [2.05, 4.69) is 67.6 Å². The highest BCUT2D eigenvalue weighted by atomic mass is 16.1. The number of benzene rings is 1. The lowest BCUT2D eigenvalue weighted by Gasteiger charge is -2.32. The molecule has 0 aromatic heterocycles. The Kier molecular flexibility index (Phi) is 11.7. The van der Waals surface area contributed by atoms with Crippen molar-refractivity contribution in [1.82, 2.24) is 5.32 Å². The maximum absolute atomic E-state index is 10.7. The summed E-state index contributed by atoms with van der Waals surface area (Å²) >= 11 is 0. The maximum Gasteiger partial charge on any atom is 0.207 e. The minimum atomic E-state index is -0.00561. The first-order valence-corrected chi connectivity index (χ1v) is 13.0. The minimum absolute atomic E-state index is 0.00561. The van der Waals surface area contributed by atoms with Crippen molar-refractivity contribution in [2.45, 2.75) is 116 Å². The first kappa shape index (κ1) is 26.3. The van der Waals surface area contributed by atoms with Crippen LogP contribution in [0.1, 0.15) is 109 Å². The van der Waals surface area contributed by atoms with E-state index in [9.17, 15) is 4.79 Å². The third kappa shape index (κ3) is 7.55. The Labute approximate surface area is 197 Å². The highest BCUT2D eigenvalue weighted by Gasteiger charge is 2.43. The Morgan fingerprint density at radius 2 is 1.59 bits per heavy atom. The van der Waals surface area contributed by atoms with Gasteiger partial charge in [-0.15, -0.1) is 5.73 Å². The molecule has 1 aromatic carbocycles. The fraction of sp³-hybridized carbons (Fsp3) is 0.655. The van der Waals surface area contributed by atoms with E-state index >= 15 is 0 Å². The van der Waals surface area contributed by atoms with Gasteiger partial charge in [-0.25, -0.2) is 0 Å². The Bertz CT molecular complexity index is 733. The van der Waals surface area contributed by atoms with Crippen molar-refractivity contribution in [1.29, 1.82) is 0 Å². The molecule has 0 aliphatic carbocycles. The normalized spacial score (nSPS) is 16.5. The number of carbonyl (C=O) groups excluding carboxylic acids is 1. The SMILES string of the molecule is C=C=CC1N(CCCCCCCCCCCCCC)c2ccc(CNC=O)cc2C1(C)C. The summed E-state index contributed by atoms with van der Waals surface area (Å²) in [6.07, 6.45) is 19.4. The molecule has 178 valence electrons. The molecule has 2 rings (SSSR count). The quantitative estimate of drug-likeness (QED) is 0.156. The number of rotatable bonds is 17. The van der Waals surface area contributed by atoms with E-state index in [1.807, 2.05) is 0 Å². The van der Waals surface area contributed by atoms with E-state index in [1.165, 1.54) is 88.3 Å². The second-order valence-corrected chi connectivity index (χ2v) is 9.97. The van der Waals surface area contributed by atoms with Crippen LogP contribution in [0.5, 0.6) is 0 Å². The number of nitrogens with one attached hydrogen (secondary N) is 1. The average molecular weight is 439 g/mol. The van der Waals surface area contributed by atoms with Crippen molar-refractivity contribution in [3.63, 3.8) is 0 Å². The van der Waals surface area contributed by atoms with Crippen LogP contribution in [0.25, 0.3) is 0 Å². The number of amides is 1. The largest absolute Gasteiger partial charge is 0.363 e. The lowest BCUT2D eigenvalue weighted by atomic mass is 9.80. The predicted molar refractivity (Wildman–Crippen MR) is 138 cm³/mol. The Hall–Kier alpha value is -1.99. The van der Waals surface area contributed by atoms with E-state index in [-0.39, 0.29) is 11.5 Å². The van der Waals surface area contributed by atoms with E-state index in [1.54, 1.807) is 0 Å². The summed E-state index contributed by atoms with van der Waals surface area (Å²) in [5.74, 6) is 0. The zero-order valence-electron chi connectivity index (χ0n) is 20.9. The fourth-order valence-corrected chi connectivity index (χ4v) is 5.11. The molecule has 0 fully saturated rings. The van der Waals surface area contributed by atoms with Gasteiger partial charge in [0.1, 0.15) is 0 Å². The molecular formula is C29H46N2O. The molecule has 1 atom stereocenters. The zero-order valence-corrected chi connectivity index (χ0v) is 20.9. The summed E-state index contributed by atoms with van der Waals surface area (Å²) in [6.45, 7) is 12.4. The molecule has 3 heteroatoms. The van der Waals surface area contributed by atoms with Gasteiger partial charge < -0.3 is 10.2 Å². The van der Waals surface area contributed by atoms with Crippen LogP contribution in [0.3, 0.4) is 0 Å². The highest BCUT2D eigenvalue weighted by Crippen LogP contribution is 2.46. The molecular weight excluding hydrogens is 392 g/mol. The summed E-state index contributed by atoms with van der Waals surface area (Å²) in [5, 5.41) is 2.78. The molecule has 1 aliphatic rings. The summed E-state index contributed by atoms with van der Waals surface area (Å²) in [4.78, 5) is 13.2. The van der Waals surface area contributed by atoms with Crippen LogP contribution in [-0.4, -0.2) is 19.0 Å². The third-order valence-electron chi connectivity index (χ3n) is 7.06. The molecule has 32 heavy (non-hydrogen) atoms. The molecule has 1 heterocycles. The van der Waals surface area contributed by atoms with Crippen LogP contribution in [0, 0.1) is 0 Å². The summed E-state index contributed by atoms with van der Waals surface area (Å²) in [5.41, 5.74) is 6.88. The number of carbonyl (C=O) groups is 1. The Morgan fingerprint density at radius 3 is 2.16 bits per heavy atom. The second kappa shape index (κ2) is 14.2. The van der Waals surface area contributed by atoms with Gasteiger partial charge in [0.05, 0.1) is 6.04 Å². The highest BCUT2D eigenvalue weighted by molar-refractivity contribution is 5.66. The van der Waals surface area contributed by atoms with Gasteiger partial charge >= 0.3 is 0 Å². The van der Waals surface area contributed by atoms with Crippen LogP contribution in [0.15, 0.2) is 36.6 Å². The molecule has 1 N–H and O–H groups in total. The van der Waals surface area contributed by atoms with Crippen molar-refractivity contribution in [2.24, 2.45) is 0 Å². The number of hydrogen-bond acceptors (Lipinski definition) is 2. The van der Waals surface area contributed by atoms with Crippen LogP contribution in [-0.2, 0) is 16.8 Å². The zero-order chi connectivity index (χ0) is 23.2. The van der Waals surface area contributed by atoms with Gasteiger partial charge in [0, 0.05) is 24.2 Å². The van der Waals surface area contributed by atoms with E-state index < -0.39 is 0 Å². The second-order valence-electron chi connectivity index (χ2n) is 9.97. The Balaban J connectivity index is 1.79. The van der Waals surface area contributed by atoms with Gasteiger partial charge in [0.25, 0.3) is 0 Å². The Morgan fingerprint density at radius 1 is 1.00 bits per heavy atom. The topological polar surface area (TPSA) is 32.3 Å². The molecule has 0 radical (unpaired) electrons. The van der Waals surface area contributed by atoms with E-state index in [0.29, 0.717) is 6.54 Å². The van der Waals surface area contributed by atoms with Crippen molar-refractivity contribution in [2.75, 3.05) is 11.4 Å². The third-order valence-corrected chi connectivity index (χ3v) is 7.06. The summed E-state index contributed by atoms with van der Waals surface area (Å²) in [7, 11) is 0. The van der Waals surface area contributed by atoms with Crippen molar-refractivity contribution >= 4 is 12.1 Å². The van der Waals surface area contributed by atoms with Gasteiger partial charge in [-0.2, -0.15) is 0 Å². The molecule has 0 spiro atoms. The van der Waals surface area contributed by atoms with Crippen LogP contribution in [0.2, 0.25) is 0 Å². The molecule has 0 saturated carbocycles.